The zero-order chi connectivity index (χ0) is 10.4. The zero-order valence-corrected chi connectivity index (χ0v) is 8.90. The zero-order valence-electron chi connectivity index (χ0n) is 8.90. The number of nitrogens with two attached hydrogens (primary N) is 1. The van der Waals surface area contributed by atoms with E-state index in [1.807, 2.05) is 0 Å². The van der Waals surface area contributed by atoms with E-state index in [0.29, 0.717) is 5.82 Å². The van der Waals surface area contributed by atoms with Crippen molar-refractivity contribution in [3.8, 4) is 0 Å². The van der Waals surface area contributed by atoms with Crippen molar-refractivity contribution in [3.63, 3.8) is 0 Å². The van der Waals surface area contributed by atoms with E-state index in [-0.39, 0.29) is 0 Å². The number of nitrogens with zero attached hydrogens (tertiary/aromatic N) is 3. The fourth-order valence-corrected chi connectivity index (χ4v) is 1.31. The maximum absolute atomic E-state index is 5.58. The smallest absolute Gasteiger partial charge is 0.149 e. The van der Waals surface area contributed by atoms with Crippen molar-refractivity contribution in [1.82, 2.24) is 9.97 Å². The van der Waals surface area contributed by atoms with Gasteiger partial charge in [0.05, 0.1) is 12.4 Å². The quantitative estimate of drug-likeness (QED) is 0.775. The molecule has 0 amide bonds. The maximum Gasteiger partial charge on any atom is 0.149 e. The Kier molecular flexibility index (Phi) is 4.16. The molecule has 0 unspecified atom stereocenters. The number of aromatic nitrogens is 2. The van der Waals surface area contributed by atoms with Crippen molar-refractivity contribution < 1.29 is 0 Å². The fraction of sp³-hybridized carbons (Fsp3) is 0.600. The molecule has 0 saturated carbocycles. The normalized spacial score (nSPS) is 10.1. The van der Waals surface area contributed by atoms with E-state index in [1.54, 1.807) is 12.4 Å². The summed E-state index contributed by atoms with van der Waals surface area (Å²) in [6.07, 6.45) is 5.68. The Bertz CT molecular complexity index is 275. The molecular formula is C10H18N4. The Balaban J connectivity index is 2.68. The van der Waals surface area contributed by atoms with E-state index >= 15 is 0 Å². The highest BCUT2D eigenvalue weighted by Gasteiger charge is 2.05. The minimum atomic E-state index is 0.484. The van der Waals surface area contributed by atoms with Crippen LogP contribution in [-0.2, 0) is 0 Å². The van der Waals surface area contributed by atoms with Crippen molar-refractivity contribution in [2.75, 3.05) is 23.7 Å². The fourth-order valence-electron chi connectivity index (χ4n) is 1.31. The van der Waals surface area contributed by atoms with Gasteiger partial charge in [0.25, 0.3) is 0 Å². The molecule has 0 spiro atoms. The van der Waals surface area contributed by atoms with Crippen LogP contribution in [0.25, 0.3) is 0 Å². The Morgan fingerprint density at radius 3 is 2.71 bits per heavy atom. The van der Waals surface area contributed by atoms with Gasteiger partial charge in [-0.1, -0.05) is 13.3 Å². The van der Waals surface area contributed by atoms with Gasteiger partial charge in [0.15, 0.2) is 0 Å². The number of hydrogen-bond donors (Lipinski definition) is 1. The van der Waals surface area contributed by atoms with Gasteiger partial charge in [-0.25, -0.2) is 4.98 Å². The molecule has 0 atom stereocenters. The molecule has 4 heteroatoms. The van der Waals surface area contributed by atoms with Crippen LogP contribution in [0, 0.1) is 0 Å². The average Bonchev–Trinajstić information content (AvgIpc) is 2.19. The van der Waals surface area contributed by atoms with Crippen LogP contribution in [-0.4, -0.2) is 23.1 Å². The van der Waals surface area contributed by atoms with Crippen molar-refractivity contribution in [3.05, 3.63) is 12.4 Å². The minimum Gasteiger partial charge on any atom is -0.382 e. The van der Waals surface area contributed by atoms with Crippen molar-refractivity contribution in [1.29, 1.82) is 0 Å². The summed E-state index contributed by atoms with van der Waals surface area (Å²) in [4.78, 5) is 10.5. The predicted octanol–water partition coefficient (Wildman–Crippen LogP) is 1.69. The molecule has 1 rings (SSSR count). The summed E-state index contributed by atoms with van der Waals surface area (Å²) in [7, 11) is 0. The first-order chi connectivity index (χ1) is 6.77. The molecule has 1 aromatic rings. The van der Waals surface area contributed by atoms with E-state index < -0.39 is 0 Å². The molecule has 0 fully saturated rings. The Labute approximate surface area is 85.2 Å². The highest BCUT2D eigenvalue weighted by molar-refractivity contribution is 5.41. The molecule has 0 aliphatic carbocycles. The van der Waals surface area contributed by atoms with Gasteiger partial charge in [0, 0.05) is 13.1 Å². The highest BCUT2D eigenvalue weighted by Crippen LogP contribution is 2.10. The van der Waals surface area contributed by atoms with Crippen molar-refractivity contribution >= 4 is 11.6 Å². The molecule has 2 N–H and O–H groups in total. The van der Waals surface area contributed by atoms with Crippen LogP contribution in [0.1, 0.15) is 26.7 Å². The molecule has 4 nitrogen and oxygen atoms in total. The first kappa shape index (κ1) is 10.8. The van der Waals surface area contributed by atoms with Gasteiger partial charge >= 0.3 is 0 Å². The number of anilines is 2. The second-order valence-electron chi connectivity index (χ2n) is 3.24. The first-order valence-corrected chi connectivity index (χ1v) is 5.10. The monoisotopic (exact) mass is 194 g/mol. The molecule has 1 heterocycles. The Hall–Kier alpha value is -1.32. The molecule has 0 aromatic carbocycles. The van der Waals surface area contributed by atoms with E-state index in [1.165, 1.54) is 12.8 Å². The van der Waals surface area contributed by atoms with E-state index in [2.05, 4.69) is 28.7 Å². The molecular weight excluding hydrogens is 176 g/mol. The second-order valence-corrected chi connectivity index (χ2v) is 3.24. The molecule has 0 radical (unpaired) electrons. The Morgan fingerprint density at radius 1 is 1.36 bits per heavy atom. The minimum absolute atomic E-state index is 0.484. The average molecular weight is 194 g/mol. The Morgan fingerprint density at radius 2 is 2.14 bits per heavy atom. The summed E-state index contributed by atoms with van der Waals surface area (Å²) in [6.45, 7) is 6.25. The third-order valence-corrected chi connectivity index (χ3v) is 2.13. The topological polar surface area (TPSA) is 55.0 Å². The van der Waals surface area contributed by atoms with Crippen LogP contribution in [0.5, 0.6) is 0 Å². The van der Waals surface area contributed by atoms with E-state index in [9.17, 15) is 0 Å². The van der Waals surface area contributed by atoms with Crippen molar-refractivity contribution in [2.45, 2.75) is 26.7 Å². The first-order valence-electron chi connectivity index (χ1n) is 5.10. The summed E-state index contributed by atoms with van der Waals surface area (Å²) in [5.74, 6) is 1.36. The summed E-state index contributed by atoms with van der Waals surface area (Å²) in [5, 5.41) is 0. The summed E-state index contributed by atoms with van der Waals surface area (Å²) in [6, 6.07) is 0. The molecule has 78 valence electrons. The third kappa shape index (κ3) is 2.87. The lowest BCUT2D eigenvalue weighted by Crippen LogP contribution is -2.25. The van der Waals surface area contributed by atoms with Crippen LogP contribution < -0.4 is 10.6 Å². The van der Waals surface area contributed by atoms with E-state index in [4.69, 9.17) is 5.73 Å². The summed E-state index contributed by atoms with van der Waals surface area (Å²) in [5.41, 5.74) is 5.58. The molecule has 0 aliphatic heterocycles. The standard InChI is InChI=1S/C10H18N4/c1-3-5-6-14(4-2)10-8-12-7-9(11)13-10/h7-8H,3-6H2,1-2H3,(H2,11,13). The third-order valence-electron chi connectivity index (χ3n) is 2.13. The number of nitrogen functional groups attached to an aromatic ring is 1. The van der Waals surface area contributed by atoms with Crippen LogP contribution >= 0.6 is 0 Å². The van der Waals surface area contributed by atoms with Crippen LogP contribution in [0.4, 0.5) is 11.6 Å². The van der Waals surface area contributed by atoms with Gasteiger partial charge in [-0.05, 0) is 13.3 Å². The number of rotatable bonds is 5. The van der Waals surface area contributed by atoms with Crippen molar-refractivity contribution in [2.24, 2.45) is 0 Å². The maximum atomic E-state index is 5.58. The van der Waals surface area contributed by atoms with Crippen LogP contribution in [0.15, 0.2) is 12.4 Å². The summed E-state index contributed by atoms with van der Waals surface area (Å²) >= 11 is 0. The molecule has 0 aliphatic rings. The molecule has 14 heavy (non-hydrogen) atoms. The van der Waals surface area contributed by atoms with Gasteiger partial charge in [-0.3, -0.25) is 4.98 Å². The number of unbranched alkanes of at least 4 members (excludes halogenated alkanes) is 1. The molecule has 0 saturated heterocycles. The second kappa shape index (κ2) is 5.42. The number of hydrogen-bond acceptors (Lipinski definition) is 4. The lowest BCUT2D eigenvalue weighted by atomic mass is 10.3. The highest BCUT2D eigenvalue weighted by atomic mass is 15.2. The lowest BCUT2D eigenvalue weighted by Gasteiger charge is -2.21. The SMILES string of the molecule is CCCCN(CC)c1cncc(N)n1. The predicted molar refractivity (Wildman–Crippen MR) is 59.2 cm³/mol. The molecule has 1 aromatic heterocycles. The van der Waals surface area contributed by atoms with Gasteiger partial charge in [0.2, 0.25) is 0 Å². The van der Waals surface area contributed by atoms with Crippen LogP contribution in [0.2, 0.25) is 0 Å². The van der Waals surface area contributed by atoms with Gasteiger partial charge in [-0.15, -0.1) is 0 Å². The summed E-state index contributed by atoms with van der Waals surface area (Å²) < 4.78 is 0. The van der Waals surface area contributed by atoms with Gasteiger partial charge < -0.3 is 10.6 Å². The molecule has 0 bridgehead atoms. The van der Waals surface area contributed by atoms with Gasteiger partial charge in [-0.2, -0.15) is 0 Å². The lowest BCUT2D eigenvalue weighted by molar-refractivity contribution is 0.723. The van der Waals surface area contributed by atoms with Gasteiger partial charge in [0.1, 0.15) is 11.6 Å². The van der Waals surface area contributed by atoms with Crippen LogP contribution in [0.3, 0.4) is 0 Å². The van der Waals surface area contributed by atoms with E-state index in [0.717, 1.165) is 18.9 Å². The largest absolute Gasteiger partial charge is 0.382 e.